The lowest BCUT2D eigenvalue weighted by Gasteiger charge is -2.25. The Morgan fingerprint density at radius 1 is 0.969 bits per heavy atom. The highest BCUT2D eigenvalue weighted by molar-refractivity contribution is 7.99. The second-order valence-corrected chi connectivity index (χ2v) is 10.5. The summed E-state index contributed by atoms with van der Waals surface area (Å²) in [6, 6.07) is 15.6. The molecular formula is C29H35NOS. The predicted molar refractivity (Wildman–Crippen MR) is 134 cm³/mol. The zero-order valence-electron chi connectivity index (χ0n) is 19.5. The van der Waals surface area contributed by atoms with Crippen molar-refractivity contribution < 1.29 is 4.79 Å². The third-order valence-electron chi connectivity index (χ3n) is 6.90. The molecule has 0 aromatic heterocycles. The van der Waals surface area contributed by atoms with Crippen LogP contribution >= 0.6 is 11.8 Å². The molecule has 1 aliphatic heterocycles. The van der Waals surface area contributed by atoms with Gasteiger partial charge in [0, 0.05) is 41.6 Å². The number of rotatable bonds is 5. The van der Waals surface area contributed by atoms with Gasteiger partial charge in [0.2, 0.25) is 5.91 Å². The average molecular weight is 446 g/mol. The van der Waals surface area contributed by atoms with Gasteiger partial charge in [-0.1, -0.05) is 47.7 Å². The van der Waals surface area contributed by atoms with E-state index in [1.54, 1.807) is 0 Å². The average Bonchev–Trinajstić information content (AvgIpc) is 3.20. The first-order valence-corrected chi connectivity index (χ1v) is 13.0. The molecular weight excluding hydrogens is 410 g/mol. The van der Waals surface area contributed by atoms with E-state index in [1.165, 1.54) is 32.9 Å². The lowest BCUT2D eigenvalue weighted by molar-refractivity contribution is -0.135. The molecule has 1 amide bonds. The molecule has 1 saturated heterocycles. The molecule has 4 rings (SSSR count). The van der Waals surface area contributed by atoms with Crippen LogP contribution in [-0.2, 0) is 11.2 Å². The molecule has 1 aliphatic carbocycles. The van der Waals surface area contributed by atoms with Gasteiger partial charge in [0.05, 0.1) is 0 Å². The van der Waals surface area contributed by atoms with Crippen LogP contribution in [0.4, 0.5) is 0 Å². The maximum absolute atomic E-state index is 13.1. The first-order valence-electron chi connectivity index (χ1n) is 12.2. The first kappa shape index (κ1) is 23.0. The maximum Gasteiger partial charge on any atom is 0.225 e. The Bertz CT molecular complexity index is 990. The second-order valence-electron chi connectivity index (χ2n) is 9.43. The first-order chi connectivity index (χ1) is 15.6. The standard InChI is InChI=1S/C29H35NOS/c1-22-15-16-27(23(2)20-22)32-28-14-8-7-13-26(28)21-24-10-9-18-30(19-17-24)29(31)25-11-5-3-4-6-12-25/h7-8,13-16,20,24-25H,5-6,9-12,17-19,21H2,1-2H3. The molecule has 168 valence electrons. The number of amides is 1. The van der Waals surface area contributed by atoms with Crippen LogP contribution in [-0.4, -0.2) is 23.9 Å². The summed E-state index contributed by atoms with van der Waals surface area (Å²) >= 11 is 1.89. The van der Waals surface area contributed by atoms with Gasteiger partial charge in [-0.15, -0.1) is 11.8 Å². The van der Waals surface area contributed by atoms with Gasteiger partial charge in [-0.3, -0.25) is 4.79 Å². The van der Waals surface area contributed by atoms with Crippen LogP contribution in [0.25, 0.3) is 0 Å². The van der Waals surface area contributed by atoms with Crippen molar-refractivity contribution in [1.29, 1.82) is 0 Å². The van der Waals surface area contributed by atoms with Crippen molar-refractivity contribution in [3.05, 3.63) is 59.2 Å². The van der Waals surface area contributed by atoms with Crippen LogP contribution in [0.15, 0.2) is 52.3 Å². The summed E-state index contributed by atoms with van der Waals surface area (Å²) in [6.07, 6.45) is 8.17. The molecule has 2 aromatic carbocycles. The number of nitrogens with zero attached hydrogens (tertiary/aromatic N) is 1. The molecule has 2 nitrogen and oxygen atoms in total. The molecule has 1 unspecified atom stereocenters. The largest absolute Gasteiger partial charge is 0.342 e. The number of aryl methyl sites for hydroxylation is 2. The van der Waals surface area contributed by atoms with Crippen LogP contribution in [0.3, 0.4) is 0 Å². The van der Waals surface area contributed by atoms with Gasteiger partial charge in [0.1, 0.15) is 0 Å². The maximum atomic E-state index is 13.1. The summed E-state index contributed by atoms with van der Waals surface area (Å²) in [7, 11) is 0. The van der Waals surface area contributed by atoms with E-state index in [1.807, 2.05) is 11.8 Å². The molecule has 0 radical (unpaired) electrons. The molecule has 2 aliphatic rings. The topological polar surface area (TPSA) is 20.3 Å². The van der Waals surface area contributed by atoms with Crippen molar-refractivity contribution in [3.63, 3.8) is 0 Å². The van der Waals surface area contributed by atoms with Crippen LogP contribution in [0.1, 0.15) is 61.6 Å². The summed E-state index contributed by atoms with van der Waals surface area (Å²) in [5.41, 5.74) is 4.11. The normalized spacial score (nSPS) is 19.6. The highest BCUT2D eigenvalue weighted by Gasteiger charge is 2.27. The number of benzene rings is 2. The molecule has 32 heavy (non-hydrogen) atoms. The number of carbonyl (C=O) groups excluding carboxylic acids is 1. The molecule has 0 spiro atoms. The SMILES string of the molecule is Cc1ccc(Sc2ccccc2CC2CCCN(C(=O)C3CCC#CCC3)CC2)c(C)c1. The van der Waals surface area contributed by atoms with Gasteiger partial charge in [-0.2, -0.15) is 0 Å². The van der Waals surface area contributed by atoms with Crippen LogP contribution in [0.2, 0.25) is 0 Å². The zero-order chi connectivity index (χ0) is 22.3. The molecule has 3 heteroatoms. The predicted octanol–water partition coefficient (Wildman–Crippen LogP) is 6.82. The van der Waals surface area contributed by atoms with Gasteiger partial charge in [0.15, 0.2) is 0 Å². The van der Waals surface area contributed by atoms with Crippen molar-refractivity contribution in [2.45, 2.75) is 75.0 Å². The summed E-state index contributed by atoms with van der Waals surface area (Å²) < 4.78 is 0. The molecule has 0 N–H and O–H groups in total. The van der Waals surface area contributed by atoms with Crippen LogP contribution < -0.4 is 0 Å². The number of hydrogen-bond acceptors (Lipinski definition) is 2. The summed E-state index contributed by atoms with van der Waals surface area (Å²) in [5, 5.41) is 0. The van der Waals surface area contributed by atoms with E-state index in [9.17, 15) is 4.79 Å². The molecule has 1 fully saturated rings. The summed E-state index contributed by atoms with van der Waals surface area (Å²) in [6.45, 7) is 6.19. The fourth-order valence-corrected chi connectivity index (χ4v) is 6.05. The highest BCUT2D eigenvalue weighted by Crippen LogP contribution is 2.35. The van der Waals surface area contributed by atoms with Gasteiger partial charge < -0.3 is 4.90 Å². The van der Waals surface area contributed by atoms with Gasteiger partial charge in [-0.25, -0.2) is 0 Å². The van der Waals surface area contributed by atoms with Crippen molar-refractivity contribution in [2.24, 2.45) is 11.8 Å². The molecule has 1 heterocycles. The Hall–Kier alpha value is -2.18. The van der Waals surface area contributed by atoms with Crippen molar-refractivity contribution in [3.8, 4) is 11.8 Å². The van der Waals surface area contributed by atoms with Gasteiger partial charge >= 0.3 is 0 Å². The Labute approximate surface area is 198 Å². The minimum Gasteiger partial charge on any atom is -0.342 e. The van der Waals surface area contributed by atoms with Crippen LogP contribution in [0, 0.1) is 37.5 Å². The fraction of sp³-hybridized carbons (Fsp3) is 0.483. The monoisotopic (exact) mass is 445 g/mol. The lowest BCUT2D eigenvalue weighted by atomic mass is 9.93. The minimum absolute atomic E-state index is 0.170. The third kappa shape index (κ3) is 5.99. The highest BCUT2D eigenvalue weighted by atomic mass is 32.2. The minimum atomic E-state index is 0.170. The molecule has 0 saturated carbocycles. The summed E-state index contributed by atoms with van der Waals surface area (Å²) in [5.74, 6) is 7.57. The van der Waals surface area contributed by atoms with E-state index in [0.29, 0.717) is 11.8 Å². The van der Waals surface area contributed by atoms with Gasteiger partial charge in [0.25, 0.3) is 0 Å². The quantitative estimate of drug-likeness (QED) is 0.471. The van der Waals surface area contributed by atoms with Crippen molar-refractivity contribution >= 4 is 17.7 Å². The summed E-state index contributed by atoms with van der Waals surface area (Å²) in [4.78, 5) is 18.0. The van der Waals surface area contributed by atoms with E-state index in [4.69, 9.17) is 0 Å². The number of hydrogen-bond donors (Lipinski definition) is 0. The van der Waals surface area contributed by atoms with Crippen molar-refractivity contribution in [1.82, 2.24) is 4.90 Å². The Morgan fingerprint density at radius 3 is 2.53 bits per heavy atom. The Morgan fingerprint density at radius 2 is 1.75 bits per heavy atom. The fourth-order valence-electron chi connectivity index (χ4n) is 5.02. The van der Waals surface area contributed by atoms with Gasteiger partial charge in [-0.05, 0) is 81.5 Å². The second kappa shape index (κ2) is 11.1. The molecule has 1 atom stereocenters. The lowest BCUT2D eigenvalue weighted by Crippen LogP contribution is -2.37. The number of carbonyl (C=O) groups is 1. The number of likely N-dealkylation sites (tertiary alicyclic amines) is 1. The van der Waals surface area contributed by atoms with E-state index >= 15 is 0 Å². The molecule has 2 aromatic rings. The Balaban J connectivity index is 1.38. The smallest absolute Gasteiger partial charge is 0.225 e. The third-order valence-corrected chi connectivity index (χ3v) is 8.20. The zero-order valence-corrected chi connectivity index (χ0v) is 20.3. The van der Waals surface area contributed by atoms with E-state index in [-0.39, 0.29) is 5.92 Å². The Kier molecular flexibility index (Phi) is 7.98. The van der Waals surface area contributed by atoms with E-state index < -0.39 is 0 Å². The van der Waals surface area contributed by atoms with Crippen molar-refractivity contribution in [2.75, 3.05) is 13.1 Å². The van der Waals surface area contributed by atoms with Crippen LogP contribution in [0.5, 0.6) is 0 Å². The molecule has 0 bridgehead atoms. The van der Waals surface area contributed by atoms with E-state index in [2.05, 4.69) is 73.1 Å². The van der Waals surface area contributed by atoms with E-state index in [0.717, 1.165) is 58.0 Å².